The van der Waals surface area contributed by atoms with Crippen LogP contribution in [0.4, 0.5) is 9.80 Å². The molecule has 0 aromatic carbocycles. The second-order valence-electron chi connectivity index (χ2n) is 4.42. The number of urea groups is 1. The average molecular weight is 336 g/mol. The molecule has 2 amide bonds. The highest BCUT2D eigenvalue weighted by molar-refractivity contribution is 7.11. The molecular weight excluding hydrogens is 318 g/mol. The molecule has 1 rings (SSSR count). The fourth-order valence-corrected chi connectivity index (χ4v) is 2.31. The highest BCUT2D eigenvalue weighted by Crippen LogP contribution is 2.30. The van der Waals surface area contributed by atoms with Crippen molar-refractivity contribution in [1.82, 2.24) is 9.27 Å². The molecule has 118 valence electrons. The largest absolute Gasteiger partial charge is 0.477 e. The third kappa shape index (κ3) is 5.39. The minimum absolute atomic E-state index is 0.0347. The number of aromatic carboxylic acids is 1. The highest BCUT2D eigenvalue weighted by atomic mass is 35.5. The summed E-state index contributed by atoms with van der Waals surface area (Å²) in [7, 11) is 3.12. The molecule has 2 N–H and O–H groups in total. The number of carbonyl (C=O) groups excluding carboxylic acids is 1. The predicted octanol–water partition coefficient (Wildman–Crippen LogP) is 2.72. The van der Waals surface area contributed by atoms with Crippen LogP contribution in [0.3, 0.4) is 0 Å². The molecule has 0 bridgehead atoms. The van der Waals surface area contributed by atoms with Crippen LogP contribution < -0.4 is 10.1 Å². The first-order chi connectivity index (χ1) is 9.97. The Morgan fingerprint density at radius 3 is 2.67 bits per heavy atom. The smallest absolute Gasteiger partial charge is 0.344 e. The van der Waals surface area contributed by atoms with E-state index in [0.717, 1.165) is 30.8 Å². The van der Waals surface area contributed by atoms with Gasteiger partial charge in [-0.3, -0.25) is 5.32 Å². The van der Waals surface area contributed by atoms with E-state index in [-0.39, 0.29) is 16.4 Å². The number of nitrogens with zero attached hydrogens (tertiary/aromatic N) is 2. The zero-order valence-electron chi connectivity index (χ0n) is 11.9. The van der Waals surface area contributed by atoms with Crippen LogP contribution in [-0.2, 0) is 0 Å². The normalized spacial score (nSPS) is 10.2. The van der Waals surface area contributed by atoms with Gasteiger partial charge in [-0.2, -0.15) is 4.37 Å². The van der Waals surface area contributed by atoms with Crippen molar-refractivity contribution in [3.05, 3.63) is 5.56 Å². The number of carboxylic acid groups (broad SMARTS) is 1. The maximum absolute atomic E-state index is 11.6. The molecule has 0 atom stereocenters. The Balaban J connectivity index is 2.70. The fraction of sp³-hybridized carbons (Fsp3) is 0.583. The topological polar surface area (TPSA) is 91.8 Å². The zero-order valence-corrected chi connectivity index (χ0v) is 13.5. The maximum atomic E-state index is 11.6. The zero-order chi connectivity index (χ0) is 15.8. The molecule has 1 heterocycles. The van der Waals surface area contributed by atoms with Crippen LogP contribution in [-0.4, -0.2) is 53.0 Å². The first-order valence-corrected chi connectivity index (χ1v) is 7.68. The number of halogens is 1. The number of amides is 2. The minimum Gasteiger partial charge on any atom is -0.477 e. The SMILES string of the molecule is CN(C)C(=O)Nc1snc(OCCCCCCl)c1C(=O)O. The van der Waals surface area contributed by atoms with E-state index in [1.54, 1.807) is 14.1 Å². The van der Waals surface area contributed by atoms with Gasteiger partial charge in [0.05, 0.1) is 6.61 Å². The molecule has 21 heavy (non-hydrogen) atoms. The van der Waals surface area contributed by atoms with Gasteiger partial charge < -0.3 is 14.7 Å². The second-order valence-corrected chi connectivity index (χ2v) is 5.57. The van der Waals surface area contributed by atoms with E-state index in [2.05, 4.69) is 9.69 Å². The van der Waals surface area contributed by atoms with Crippen LogP contribution in [0.25, 0.3) is 0 Å². The second kappa shape index (κ2) is 8.68. The first kappa shape index (κ1) is 17.5. The number of alkyl halides is 1. The molecule has 0 radical (unpaired) electrons. The molecule has 0 fully saturated rings. The van der Waals surface area contributed by atoms with Crippen molar-refractivity contribution in [2.24, 2.45) is 0 Å². The summed E-state index contributed by atoms with van der Waals surface area (Å²) in [6.45, 7) is 0.363. The van der Waals surface area contributed by atoms with Crippen molar-refractivity contribution >= 4 is 40.1 Å². The summed E-state index contributed by atoms with van der Waals surface area (Å²) in [5, 5.41) is 11.9. The van der Waals surface area contributed by atoms with Gasteiger partial charge in [-0.15, -0.1) is 11.6 Å². The van der Waals surface area contributed by atoms with Crippen molar-refractivity contribution in [3.63, 3.8) is 0 Å². The van der Waals surface area contributed by atoms with E-state index in [0.29, 0.717) is 12.5 Å². The number of unbranched alkanes of at least 4 members (excludes halogenated alkanes) is 2. The lowest BCUT2D eigenvalue weighted by Crippen LogP contribution is -2.27. The molecule has 0 unspecified atom stereocenters. The minimum atomic E-state index is -1.19. The van der Waals surface area contributed by atoms with Gasteiger partial charge in [0.25, 0.3) is 0 Å². The van der Waals surface area contributed by atoms with Crippen molar-refractivity contribution in [3.8, 4) is 5.88 Å². The molecule has 0 saturated carbocycles. The van der Waals surface area contributed by atoms with Crippen LogP contribution in [0, 0.1) is 0 Å². The summed E-state index contributed by atoms with van der Waals surface area (Å²) in [6.07, 6.45) is 2.56. The van der Waals surface area contributed by atoms with Gasteiger partial charge in [-0.25, -0.2) is 9.59 Å². The molecule has 0 aliphatic carbocycles. The van der Waals surface area contributed by atoms with Gasteiger partial charge in [-0.1, -0.05) is 0 Å². The van der Waals surface area contributed by atoms with Crippen LogP contribution in [0.15, 0.2) is 0 Å². The van der Waals surface area contributed by atoms with E-state index in [1.165, 1.54) is 4.90 Å². The number of anilines is 1. The Hall–Kier alpha value is -1.54. The lowest BCUT2D eigenvalue weighted by Gasteiger charge is -2.10. The Labute approximate surface area is 132 Å². The van der Waals surface area contributed by atoms with Crippen molar-refractivity contribution < 1.29 is 19.4 Å². The van der Waals surface area contributed by atoms with Crippen LogP contribution in [0.1, 0.15) is 29.6 Å². The van der Waals surface area contributed by atoms with E-state index in [9.17, 15) is 14.7 Å². The summed E-state index contributed by atoms with van der Waals surface area (Å²) >= 11 is 6.45. The Kier molecular flexibility index (Phi) is 7.24. The molecule has 0 aliphatic heterocycles. The standard InChI is InChI=1S/C12H18ClN3O4S/c1-16(2)12(19)14-10-8(11(17)18)9(15-21-10)20-7-5-3-4-6-13/h3-7H2,1-2H3,(H,14,19)(H,17,18). The molecule has 1 aromatic heterocycles. The monoisotopic (exact) mass is 335 g/mol. The summed E-state index contributed by atoms with van der Waals surface area (Å²) < 4.78 is 9.33. The van der Waals surface area contributed by atoms with E-state index in [4.69, 9.17) is 16.3 Å². The van der Waals surface area contributed by atoms with E-state index in [1.807, 2.05) is 0 Å². The lowest BCUT2D eigenvalue weighted by molar-refractivity contribution is 0.0693. The molecular formula is C12H18ClN3O4S. The summed E-state index contributed by atoms with van der Waals surface area (Å²) in [5.74, 6) is -0.557. The number of aromatic nitrogens is 1. The molecule has 0 aliphatic rings. The number of nitrogens with one attached hydrogen (secondary N) is 1. The van der Waals surface area contributed by atoms with Crippen molar-refractivity contribution in [2.75, 3.05) is 31.9 Å². The Morgan fingerprint density at radius 1 is 1.38 bits per heavy atom. The molecule has 1 aromatic rings. The molecule has 7 nitrogen and oxygen atoms in total. The number of carboxylic acids is 1. The van der Waals surface area contributed by atoms with Gasteiger partial charge in [0.2, 0.25) is 5.88 Å². The predicted molar refractivity (Wildman–Crippen MR) is 81.8 cm³/mol. The summed E-state index contributed by atoms with van der Waals surface area (Å²) in [4.78, 5) is 24.2. The molecule has 0 saturated heterocycles. The maximum Gasteiger partial charge on any atom is 0.344 e. The number of hydrogen-bond donors (Lipinski definition) is 2. The van der Waals surface area contributed by atoms with Gasteiger partial charge >= 0.3 is 12.0 Å². The summed E-state index contributed by atoms with van der Waals surface area (Å²) in [6, 6.07) is -0.421. The summed E-state index contributed by atoms with van der Waals surface area (Å²) in [5.41, 5.74) is -0.118. The van der Waals surface area contributed by atoms with Gasteiger partial charge in [0.15, 0.2) is 5.56 Å². The quantitative estimate of drug-likeness (QED) is 0.563. The number of rotatable bonds is 8. The first-order valence-electron chi connectivity index (χ1n) is 6.37. The average Bonchev–Trinajstić information content (AvgIpc) is 2.81. The van der Waals surface area contributed by atoms with Gasteiger partial charge in [0.1, 0.15) is 5.00 Å². The Morgan fingerprint density at radius 2 is 2.10 bits per heavy atom. The highest BCUT2D eigenvalue weighted by Gasteiger charge is 2.23. The van der Waals surface area contributed by atoms with Crippen LogP contribution in [0.2, 0.25) is 0 Å². The van der Waals surface area contributed by atoms with Crippen molar-refractivity contribution in [2.45, 2.75) is 19.3 Å². The van der Waals surface area contributed by atoms with Gasteiger partial charge in [0, 0.05) is 20.0 Å². The Bertz CT molecular complexity index is 493. The number of carbonyl (C=O) groups is 2. The van der Waals surface area contributed by atoms with Gasteiger partial charge in [-0.05, 0) is 30.8 Å². The lowest BCUT2D eigenvalue weighted by atomic mass is 10.3. The fourth-order valence-electron chi connectivity index (χ4n) is 1.40. The van der Waals surface area contributed by atoms with Crippen LogP contribution in [0.5, 0.6) is 5.88 Å². The molecule has 9 heteroatoms. The number of hydrogen-bond acceptors (Lipinski definition) is 5. The van der Waals surface area contributed by atoms with E-state index >= 15 is 0 Å². The third-order valence-electron chi connectivity index (χ3n) is 2.52. The van der Waals surface area contributed by atoms with Crippen LogP contribution >= 0.6 is 23.1 Å². The molecule has 0 spiro atoms. The van der Waals surface area contributed by atoms with Crippen molar-refractivity contribution in [1.29, 1.82) is 0 Å². The third-order valence-corrected chi connectivity index (χ3v) is 3.53. The van der Waals surface area contributed by atoms with E-state index < -0.39 is 12.0 Å². The number of ether oxygens (including phenoxy) is 1.